The lowest BCUT2D eigenvalue weighted by atomic mass is 9.95. The first kappa shape index (κ1) is 19.9. The average molecular weight is 434 g/mol. The van der Waals surface area contributed by atoms with Gasteiger partial charge < -0.3 is 24.2 Å². The van der Waals surface area contributed by atoms with Crippen LogP contribution in [0.2, 0.25) is 0 Å². The fourth-order valence-corrected chi connectivity index (χ4v) is 3.66. The molecule has 10 nitrogen and oxygen atoms in total. The smallest absolute Gasteiger partial charge is 0.301 e. The molecule has 3 aromatic heterocycles. The third kappa shape index (κ3) is 3.82. The normalized spacial score (nSPS) is 13.8. The van der Waals surface area contributed by atoms with Gasteiger partial charge in [-0.05, 0) is 29.7 Å². The van der Waals surface area contributed by atoms with Gasteiger partial charge in [0, 0.05) is 0 Å². The van der Waals surface area contributed by atoms with Crippen LogP contribution in [0, 0.1) is 5.92 Å². The van der Waals surface area contributed by atoms with Crippen LogP contribution in [0.15, 0.2) is 47.5 Å². The number of hydrogen-bond donors (Lipinski definition) is 3. The molecule has 0 saturated heterocycles. The molecule has 1 atom stereocenters. The fourth-order valence-electron chi connectivity index (χ4n) is 3.66. The van der Waals surface area contributed by atoms with Crippen molar-refractivity contribution in [1.29, 1.82) is 0 Å². The number of nitrogens with zero attached hydrogens (tertiary/aromatic N) is 3. The summed E-state index contributed by atoms with van der Waals surface area (Å²) in [5, 5.41) is 6.80. The number of amides is 1. The Labute approximate surface area is 183 Å². The molecular weight excluding hydrogens is 412 g/mol. The van der Waals surface area contributed by atoms with E-state index in [0.717, 1.165) is 17.1 Å². The van der Waals surface area contributed by atoms with Crippen molar-refractivity contribution in [2.45, 2.75) is 19.9 Å². The Morgan fingerprint density at radius 1 is 1.09 bits per heavy atom. The molecule has 4 heterocycles. The molecule has 1 aromatic carbocycles. The van der Waals surface area contributed by atoms with Gasteiger partial charge in [-0.2, -0.15) is 0 Å². The molecule has 3 N–H and O–H groups in total. The molecule has 0 unspecified atom stereocenters. The van der Waals surface area contributed by atoms with Gasteiger partial charge in [0.15, 0.2) is 11.5 Å². The summed E-state index contributed by atoms with van der Waals surface area (Å²) < 4.78 is 16.5. The zero-order valence-electron chi connectivity index (χ0n) is 17.6. The SMILES string of the molecule is CC(C)[C@@H](Nc1ncnc2[nH]c(C(=O)Nc3ncco3)cc12)c1ccc2c(c1)OCCO2. The first-order chi connectivity index (χ1) is 15.6. The molecule has 1 aliphatic rings. The van der Waals surface area contributed by atoms with Crippen LogP contribution in [0.4, 0.5) is 11.8 Å². The van der Waals surface area contributed by atoms with Gasteiger partial charge >= 0.3 is 6.01 Å². The minimum Gasteiger partial charge on any atom is -0.486 e. The van der Waals surface area contributed by atoms with Crippen LogP contribution in [-0.4, -0.2) is 39.1 Å². The van der Waals surface area contributed by atoms with Crippen molar-refractivity contribution < 1.29 is 18.7 Å². The number of anilines is 2. The van der Waals surface area contributed by atoms with Crippen molar-refractivity contribution in [3.63, 3.8) is 0 Å². The van der Waals surface area contributed by atoms with Gasteiger partial charge in [0.2, 0.25) is 0 Å². The maximum atomic E-state index is 12.5. The molecule has 1 amide bonds. The van der Waals surface area contributed by atoms with Gasteiger partial charge in [-0.25, -0.2) is 15.0 Å². The molecule has 0 bridgehead atoms. The number of oxazole rings is 1. The number of benzene rings is 1. The van der Waals surface area contributed by atoms with Gasteiger partial charge in [-0.1, -0.05) is 19.9 Å². The molecule has 5 rings (SSSR count). The van der Waals surface area contributed by atoms with Crippen LogP contribution in [0.1, 0.15) is 35.9 Å². The number of fused-ring (bicyclic) bond motifs is 2. The van der Waals surface area contributed by atoms with Crippen molar-refractivity contribution in [3.8, 4) is 11.5 Å². The van der Waals surface area contributed by atoms with Crippen LogP contribution in [0.25, 0.3) is 11.0 Å². The van der Waals surface area contributed by atoms with E-state index >= 15 is 0 Å². The number of hydrogen-bond acceptors (Lipinski definition) is 8. The maximum Gasteiger partial charge on any atom is 0.301 e. The van der Waals surface area contributed by atoms with E-state index in [0.29, 0.717) is 35.8 Å². The van der Waals surface area contributed by atoms with Crippen molar-refractivity contribution in [2.75, 3.05) is 23.8 Å². The average Bonchev–Trinajstić information content (AvgIpc) is 3.47. The molecule has 0 fully saturated rings. The molecule has 0 saturated carbocycles. The van der Waals surface area contributed by atoms with E-state index in [9.17, 15) is 4.79 Å². The molecular formula is C22H22N6O4. The molecule has 0 spiro atoms. The summed E-state index contributed by atoms with van der Waals surface area (Å²) in [6, 6.07) is 7.72. The van der Waals surface area contributed by atoms with E-state index in [-0.39, 0.29) is 23.9 Å². The first-order valence-corrected chi connectivity index (χ1v) is 10.3. The van der Waals surface area contributed by atoms with E-state index in [2.05, 4.69) is 44.4 Å². The lowest BCUT2D eigenvalue weighted by Gasteiger charge is -2.26. The van der Waals surface area contributed by atoms with Crippen molar-refractivity contribution in [2.24, 2.45) is 5.92 Å². The third-order valence-electron chi connectivity index (χ3n) is 5.21. The molecule has 164 valence electrons. The topological polar surface area (TPSA) is 127 Å². The summed E-state index contributed by atoms with van der Waals surface area (Å²) in [6.45, 7) is 5.33. The number of carbonyl (C=O) groups is 1. The number of aromatic amines is 1. The predicted molar refractivity (Wildman–Crippen MR) is 117 cm³/mol. The Bertz CT molecular complexity index is 1250. The number of H-pyrrole nitrogens is 1. The van der Waals surface area contributed by atoms with Gasteiger partial charge in [0.25, 0.3) is 5.91 Å². The summed E-state index contributed by atoms with van der Waals surface area (Å²) in [5.41, 5.74) is 1.92. The molecule has 4 aromatic rings. The Hall–Kier alpha value is -4.08. The van der Waals surface area contributed by atoms with Crippen molar-refractivity contribution in [1.82, 2.24) is 19.9 Å². The molecule has 0 aliphatic carbocycles. The summed E-state index contributed by atoms with van der Waals surface area (Å²) in [5.74, 6) is 1.97. The number of ether oxygens (including phenoxy) is 2. The standard InChI is InChI=1S/C22H22N6O4/c1-12(2)18(13-3-4-16-17(9-13)31-8-7-30-16)27-20-14-10-15(26-19(14)24-11-25-20)21(29)28-22-23-5-6-32-22/h3-6,9-12,18H,7-8H2,1-2H3,(H,23,28,29)(H2,24,25,26,27)/t18-/m1/s1. The van der Waals surface area contributed by atoms with Crippen molar-refractivity contribution >= 4 is 28.8 Å². The number of nitrogens with one attached hydrogen (secondary N) is 3. The summed E-state index contributed by atoms with van der Waals surface area (Å²) in [4.78, 5) is 28.2. The number of carbonyl (C=O) groups excluding carboxylic acids is 1. The van der Waals surface area contributed by atoms with Crippen LogP contribution < -0.4 is 20.1 Å². The lowest BCUT2D eigenvalue weighted by Crippen LogP contribution is -2.19. The van der Waals surface area contributed by atoms with E-state index in [1.807, 2.05) is 18.2 Å². The fraction of sp³-hybridized carbons (Fsp3) is 0.273. The molecule has 10 heteroatoms. The molecule has 1 aliphatic heterocycles. The first-order valence-electron chi connectivity index (χ1n) is 10.3. The van der Waals surface area contributed by atoms with Gasteiger partial charge in [0.1, 0.15) is 43.0 Å². The Kier molecular flexibility index (Phi) is 5.10. The Morgan fingerprint density at radius 3 is 2.72 bits per heavy atom. The van der Waals surface area contributed by atoms with Gasteiger partial charge in [0.05, 0.1) is 17.6 Å². The molecule has 32 heavy (non-hydrogen) atoms. The van der Waals surface area contributed by atoms with Crippen molar-refractivity contribution in [3.05, 3.63) is 54.3 Å². The van der Waals surface area contributed by atoms with Crippen LogP contribution in [-0.2, 0) is 0 Å². The highest BCUT2D eigenvalue weighted by Gasteiger charge is 2.22. The van der Waals surface area contributed by atoms with E-state index < -0.39 is 0 Å². The van der Waals surface area contributed by atoms with E-state index in [1.165, 1.54) is 18.8 Å². The largest absolute Gasteiger partial charge is 0.486 e. The monoisotopic (exact) mass is 434 g/mol. The van der Waals surface area contributed by atoms with E-state index in [1.54, 1.807) is 6.07 Å². The molecule has 0 radical (unpaired) electrons. The predicted octanol–water partition coefficient (Wildman–Crippen LogP) is 3.78. The van der Waals surface area contributed by atoms with Crippen LogP contribution >= 0.6 is 0 Å². The highest BCUT2D eigenvalue weighted by Crippen LogP contribution is 2.36. The second kappa shape index (κ2) is 8.22. The zero-order valence-corrected chi connectivity index (χ0v) is 17.6. The highest BCUT2D eigenvalue weighted by atomic mass is 16.6. The number of rotatable bonds is 6. The lowest BCUT2D eigenvalue weighted by molar-refractivity contribution is 0.102. The van der Waals surface area contributed by atoms with Gasteiger partial charge in [-0.3, -0.25) is 10.1 Å². The second-order valence-electron chi connectivity index (χ2n) is 7.73. The zero-order chi connectivity index (χ0) is 22.1. The summed E-state index contributed by atoms with van der Waals surface area (Å²) in [7, 11) is 0. The van der Waals surface area contributed by atoms with E-state index in [4.69, 9.17) is 13.9 Å². The highest BCUT2D eigenvalue weighted by molar-refractivity contribution is 6.05. The second-order valence-corrected chi connectivity index (χ2v) is 7.73. The van der Waals surface area contributed by atoms with Crippen LogP contribution in [0.5, 0.6) is 11.5 Å². The summed E-state index contributed by atoms with van der Waals surface area (Å²) >= 11 is 0. The van der Waals surface area contributed by atoms with Gasteiger partial charge in [-0.15, -0.1) is 0 Å². The minimum absolute atomic E-state index is 0.0524. The Morgan fingerprint density at radius 2 is 1.94 bits per heavy atom. The minimum atomic E-state index is -0.386. The maximum absolute atomic E-state index is 12.5. The Balaban J connectivity index is 1.44. The quantitative estimate of drug-likeness (QED) is 0.418. The summed E-state index contributed by atoms with van der Waals surface area (Å²) in [6.07, 6.45) is 4.30. The number of aromatic nitrogens is 4. The van der Waals surface area contributed by atoms with Crippen LogP contribution in [0.3, 0.4) is 0 Å². The third-order valence-corrected chi connectivity index (χ3v) is 5.21.